The molecule has 0 spiro atoms. The van der Waals surface area contributed by atoms with Gasteiger partial charge < -0.3 is 9.84 Å². The van der Waals surface area contributed by atoms with Crippen molar-refractivity contribution in [1.82, 2.24) is 14.6 Å². The van der Waals surface area contributed by atoms with Crippen molar-refractivity contribution in [3.8, 4) is 5.88 Å². The van der Waals surface area contributed by atoms with Crippen molar-refractivity contribution in [2.75, 3.05) is 7.11 Å². The molecular weight excluding hydrogens is 222 g/mol. The molecule has 0 saturated heterocycles. The highest BCUT2D eigenvalue weighted by atomic mass is 35.5. The molecule has 2 aromatic rings. The SMILES string of the molecule is COc1cc(C(=O)O)nc2c(Cl)cnn12. The first-order valence-electron chi connectivity index (χ1n) is 3.95. The minimum atomic E-state index is -1.15. The fourth-order valence-electron chi connectivity index (χ4n) is 1.16. The third-order valence-corrected chi connectivity index (χ3v) is 2.09. The van der Waals surface area contributed by atoms with Crippen LogP contribution in [0.5, 0.6) is 5.88 Å². The number of nitrogens with zero attached hydrogens (tertiary/aromatic N) is 3. The number of halogens is 1. The number of carboxylic acid groups (broad SMARTS) is 1. The number of aromatic carboxylic acids is 1. The van der Waals surface area contributed by atoms with E-state index in [4.69, 9.17) is 21.4 Å². The first-order chi connectivity index (χ1) is 7.13. The highest BCUT2D eigenvalue weighted by Gasteiger charge is 2.14. The highest BCUT2D eigenvalue weighted by Crippen LogP contribution is 2.20. The minimum absolute atomic E-state index is 0.137. The largest absolute Gasteiger partial charge is 0.481 e. The van der Waals surface area contributed by atoms with Gasteiger partial charge in [0.05, 0.1) is 13.3 Å². The van der Waals surface area contributed by atoms with E-state index >= 15 is 0 Å². The predicted molar refractivity (Wildman–Crippen MR) is 51.5 cm³/mol. The molecule has 2 aromatic heterocycles. The Kier molecular flexibility index (Phi) is 2.20. The summed E-state index contributed by atoms with van der Waals surface area (Å²) in [6, 6.07) is 1.28. The number of ether oxygens (including phenoxy) is 1. The van der Waals surface area contributed by atoms with E-state index in [1.54, 1.807) is 0 Å². The molecule has 2 heterocycles. The zero-order valence-corrected chi connectivity index (χ0v) is 8.39. The molecule has 15 heavy (non-hydrogen) atoms. The molecule has 0 aliphatic carbocycles. The minimum Gasteiger partial charge on any atom is -0.481 e. The van der Waals surface area contributed by atoms with Crippen LogP contribution in [0.25, 0.3) is 5.65 Å². The molecular formula is C8H6ClN3O3. The molecule has 1 N–H and O–H groups in total. The van der Waals surface area contributed by atoms with Gasteiger partial charge in [-0.3, -0.25) is 0 Å². The summed E-state index contributed by atoms with van der Waals surface area (Å²) in [5, 5.41) is 13.0. The first kappa shape index (κ1) is 9.72. The van der Waals surface area contributed by atoms with E-state index in [1.807, 2.05) is 0 Å². The van der Waals surface area contributed by atoms with Crippen molar-refractivity contribution < 1.29 is 14.6 Å². The second-order valence-corrected chi connectivity index (χ2v) is 3.12. The average Bonchev–Trinajstić information content (AvgIpc) is 2.59. The fraction of sp³-hybridized carbons (Fsp3) is 0.125. The third kappa shape index (κ3) is 1.48. The summed E-state index contributed by atoms with van der Waals surface area (Å²) >= 11 is 5.78. The highest BCUT2D eigenvalue weighted by molar-refractivity contribution is 6.33. The number of carboxylic acids is 1. The lowest BCUT2D eigenvalue weighted by atomic mass is 10.4. The number of rotatable bonds is 2. The molecule has 0 unspecified atom stereocenters. The van der Waals surface area contributed by atoms with Crippen molar-refractivity contribution in [2.45, 2.75) is 0 Å². The number of fused-ring (bicyclic) bond motifs is 1. The second kappa shape index (κ2) is 3.39. The van der Waals surface area contributed by atoms with Gasteiger partial charge in [0, 0.05) is 6.07 Å². The number of aromatic nitrogens is 3. The summed E-state index contributed by atoms with van der Waals surface area (Å²) in [5.74, 6) is -0.877. The standard InChI is InChI=1S/C8H6ClN3O3/c1-15-6-2-5(8(13)14)11-7-4(9)3-10-12(6)7/h2-3H,1H3,(H,13,14). The fourth-order valence-corrected chi connectivity index (χ4v) is 1.33. The molecule has 0 fully saturated rings. The van der Waals surface area contributed by atoms with Gasteiger partial charge in [0.2, 0.25) is 5.88 Å². The lowest BCUT2D eigenvalue weighted by molar-refractivity contribution is 0.0690. The van der Waals surface area contributed by atoms with Gasteiger partial charge in [-0.25, -0.2) is 9.78 Å². The van der Waals surface area contributed by atoms with Crippen molar-refractivity contribution in [3.63, 3.8) is 0 Å². The van der Waals surface area contributed by atoms with Gasteiger partial charge in [0.1, 0.15) is 5.02 Å². The Morgan fingerprint density at radius 1 is 1.67 bits per heavy atom. The Balaban J connectivity index is 2.79. The maximum Gasteiger partial charge on any atom is 0.354 e. The van der Waals surface area contributed by atoms with E-state index in [0.717, 1.165) is 0 Å². The van der Waals surface area contributed by atoms with E-state index in [0.29, 0.717) is 0 Å². The molecule has 0 saturated carbocycles. The van der Waals surface area contributed by atoms with Gasteiger partial charge in [-0.2, -0.15) is 9.61 Å². The van der Waals surface area contributed by atoms with Crippen LogP contribution < -0.4 is 4.74 Å². The van der Waals surface area contributed by atoms with E-state index in [-0.39, 0.29) is 22.2 Å². The molecule has 0 aliphatic heterocycles. The van der Waals surface area contributed by atoms with E-state index in [1.165, 1.54) is 23.9 Å². The third-order valence-electron chi connectivity index (χ3n) is 1.82. The molecule has 0 atom stereocenters. The normalized spacial score (nSPS) is 10.5. The Morgan fingerprint density at radius 3 is 3.00 bits per heavy atom. The van der Waals surface area contributed by atoms with Gasteiger partial charge in [-0.05, 0) is 0 Å². The molecule has 0 amide bonds. The first-order valence-corrected chi connectivity index (χ1v) is 4.33. The smallest absolute Gasteiger partial charge is 0.354 e. The molecule has 78 valence electrons. The Morgan fingerprint density at radius 2 is 2.40 bits per heavy atom. The van der Waals surface area contributed by atoms with Crippen molar-refractivity contribution in [2.24, 2.45) is 0 Å². The predicted octanol–water partition coefficient (Wildman–Crippen LogP) is 1.09. The Bertz CT molecular complexity index is 537. The molecule has 2 rings (SSSR count). The second-order valence-electron chi connectivity index (χ2n) is 2.72. The van der Waals surface area contributed by atoms with Crippen LogP contribution in [0, 0.1) is 0 Å². The quantitative estimate of drug-likeness (QED) is 0.831. The lowest BCUT2D eigenvalue weighted by Crippen LogP contribution is -2.05. The van der Waals surface area contributed by atoms with E-state index < -0.39 is 5.97 Å². The van der Waals surface area contributed by atoms with Crippen LogP contribution in [0.15, 0.2) is 12.3 Å². The molecule has 0 aromatic carbocycles. The average molecular weight is 228 g/mol. The number of hydrogen-bond acceptors (Lipinski definition) is 4. The maximum absolute atomic E-state index is 10.8. The van der Waals surface area contributed by atoms with Crippen LogP contribution in [0.2, 0.25) is 5.02 Å². The van der Waals surface area contributed by atoms with Crippen LogP contribution in [0.3, 0.4) is 0 Å². The Hall–Kier alpha value is -1.82. The monoisotopic (exact) mass is 227 g/mol. The zero-order valence-electron chi connectivity index (χ0n) is 7.64. The molecule has 7 heteroatoms. The van der Waals surface area contributed by atoms with Crippen molar-refractivity contribution in [1.29, 1.82) is 0 Å². The number of hydrogen-bond donors (Lipinski definition) is 1. The van der Waals surface area contributed by atoms with Crippen molar-refractivity contribution >= 4 is 23.2 Å². The maximum atomic E-state index is 10.8. The van der Waals surface area contributed by atoms with Crippen LogP contribution in [0.1, 0.15) is 10.5 Å². The summed E-state index contributed by atoms with van der Waals surface area (Å²) in [6.45, 7) is 0. The van der Waals surface area contributed by atoms with Gasteiger partial charge in [0.15, 0.2) is 11.3 Å². The topological polar surface area (TPSA) is 76.7 Å². The zero-order chi connectivity index (χ0) is 11.0. The molecule has 0 radical (unpaired) electrons. The molecule has 0 aliphatic rings. The number of carbonyl (C=O) groups is 1. The van der Waals surface area contributed by atoms with Crippen LogP contribution in [-0.2, 0) is 0 Å². The molecule has 6 nitrogen and oxygen atoms in total. The van der Waals surface area contributed by atoms with Crippen LogP contribution in [-0.4, -0.2) is 32.8 Å². The summed E-state index contributed by atoms with van der Waals surface area (Å²) in [6.07, 6.45) is 1.37. The van der Waals surface area contributed by atoms with Gasteiger partial charge >= 0.3 is 5.97 Å². The number of methoxy groups -OCH3 is 1. The molecule has 0 bridgehead atoms. The van der Waals surface area contributed by atoms with Gasteiger partial charge in [-0.1, -0.05) is 11.6 Å². The summed E-state index contributed by atoms with van der Waals surface area (Å²) < 4.78 is 6.30. The summed E-state index contributed by atoms with van der Waals surface area (Å²) in [5.41, 5.74) is 0.121. The van der Waals surface area contributed by atoms with E-state index in [2.05, 4.69) is 10.1 Å². The lowest BCUT2D eigenvalue weighted by Gasteiger charge is -2.03. The Labute approximate surface area is 89.1 Å². The van der Waals surface area contributed by atoms with Crippen LogP contribution >= 0.6 is 11.6 Å². The van der Waals surface area contributed by atoms with Crippen molar-refractivity contribution in [3.05, 3.63) is 23.0 Å². The summed E-state index contributed by atoms with van der Waals surface area (Å²) in [4.78, 5) is 14.6. The van der Waals surface area contributed by atoms with E-state index in [9.17, 15) is 4.79 Å². The van der Waals surface area contributed by atoms with Crippen LogP contribution in [0.4, 0.5) is 0 Å². The van der Waals surface area contributed by atoms with Gasteiger partial charge in [0.25, 0.3) is 0 Å². The summed E-state index contributed by atoms with van der Waals surface area (Å²) in [7, 11) is 1.41. The van der Waals surface area contributed by atoms with Gasteiger partial charge in [-0.15, -0.1) is 0 Å².